The van der Waals surface area contributed by atoms with Crippen molar-refractivity contribution in [3.63, 3.8) is 0 Å². The molecular formula is C17H23NO5. The normalized spacial score (nSPS) is 15.3. The van der Waals surface area contributed by atoms with Gasteiger partial charge in [-0.1, -0.05) is 12.1 Å². The van der Waals surface area contributed by atoms with Crippen LogP contribution in [0.15, 0.2) is 24.3 Å². The second kappa shape index (κ2) is 9.27. The maximum absolute atomic E-state index is 11.8. The van der Waals surface area contributed by atoms with E-state index >= 15 is 0 Å². The van der Waals surface area contributed by atoms with Crippen molar-refractivity contribution in [1.82, 2.24) is 5.32 Å². The van der Waals surface area contributed by atoms with E-state index in [1.807, 2.05) is 0 Å². The lowest BCUT2D eigenvalue weighted by atomic mass is 10.1. The van der Waals surface area contributed by atoms with Gasteiger partial charge in [-0.05, 0) is 37.0 Å². The number of carboxylic acids is 1. The number of carbonyl (C=O) groups excluding carboxylic acids is 1. The van der Waals surface area contributed by atoms with Crippen LogP contribution in [-0.4, -0.2) is 49.5 Å². The van der Waals surface area contributed by atoms with Gasteiger partial charge in [0.1, 0.15) is 0 Å². The summed E-state index contributed by atoms with van der Waals surface area (Å²) in [5, 5.41) is 11.7. The van der Waals surface area contributed by atoms with Gasteiger partial charge in [0.05, 0.1) is 18.1 Å². The molecule has 0 atom stereocenters. The number of carbonyl (C=O) groups is 2. The summed E-state index contributed by atoms with van der Waals surface area (Å²) in [6, 6.07) is 6.34. The average molecular weight is 321 g/mol. The number of nitrogens with one attached hydrogen (secondary N) is 1. The predicted molar refractivity (Wildman–Crippen MR) is 84.5 cm³/mol. The molecule has 2 N–H and O–H groups in total. The highest BCUT2D eigenvalue weighted by molar-refractivity contribution is 5.87. The van der Waals surface area contributed by atoms with Gasteiger partial charge >= 0.3 is 5.97 Å². The Bertz CT molecular complexity index is 508. The van der Waals surface area contributed by atoms with Crippen molar-refractivity contribution in [2.45, 2.75) is 31.8 Å². The molecule has 0 radical (unpaired) electrons. The van der Waals surface area contributed by atoms with Crippen LogP contribution in [0.1, 0.15) is 35.2 Å². The molecule has 2 rings (SSSR count). The Balaban J connectivity index is 1.58. The Kier molecular flexibility index (Phi) is 7.03. The van der Waals surface area contributed by atoms with E-state index in [2.05, 4.69) is 5.32 Å². The highest BCUT2D eigenvalue weighted by Crippen LogP contribution is 2.10. The molecule has 23 heavy (non-hydrogen) atoms. The molecule has 6 nitrogen and oxygen atoms in total. The molecule has 0 unspecified atom stereocenters. The highest BCUT2D eigenvalue weighted by atomic mass is 16.5. The largest absolute Gasteiger partial charge is 0.478 e. The van der Waals surface area contributed by atoms with Gasteiger partial charge in [-0.2, -0.15) is 0 Å². The number of ether oxygens (including phenoxy) is 2. The molecular weight excluding hydrogens is 298 g/mol. The second-order valence-corrected chi connectivity index (χ2v) is 5.56. The van der Waals surface area contributed by atoms with Crippen LogP contribution in [0.5, 0.6) is 0 Å². The standard InChI is InChI=1S/C17H23NO5/c19-16(12-13-2-4-14(5-3-13)17(20)21)18-8-1-9-23-15-6-10-22-11-7-15/h2-5,15H,1,6-12H2,(H,18,19)(H,20,21). The number of hydrogen-bond acceptors (Lipinski definition) is 4. The molecule has 126 valence electrons. The molecule has 1 aliphatic heterocycles. The Morgan fingerprint density at radius 3 is 2.57 bits per heavy atom. The average Bonchev–Trinajstić information content (AvgIpc) is 2.56. The van der Waals surface area contributed by atoms with Crippen LogP contribution in [-0.2, 0) is 20.7 Å². The lowest BCUT2D eigenvalue weighted by Gasteiger charge is -2.22. The summed E-state index contributed by atoms with van der Waals surface area (Å²) in [7, 11) is 0. The number of rotatable bonds is 8. The predicted octanol–water partition coefficient (Wildman–Crippen LogP) is 1.63. The van der Waals surface area contributed by atoms with Gasteiger partial charge in [0.15, 0.2) is 0 Å². The minimum Gasteiger partial charge on any atom is -0.478 e. The zero-order valence-electron chi connectivity index (χ0n) is 13.1. The van der Waals surface area contributed by atoms with Crippen LogP contribution in [0.25, 0.3) is 0 Å². The SMILES string of the molecule is O=C(Cc1ccc(C(=O)O)cc1)NCCCOC1CCOCC1. The van der Waals surface area contributed by atoms with Crippen molar-refractivity contribution in [3.8, 4) is 0 Å². The number of benzene rings is 1. The molecule has 0 bridgehead atoms. The van der Waals surface area contributed by atoms with E-state index in [4.69, 9.17) is 14.6 Å². The fourth-order valence-corrected chi connectivity index (χ4v) is 2.41. The second-order valence-electron chi connectivity index (χ2n) is 5.56. The van der Waals surface area contributed by atoms with Gasteiger partial charge < -0.3 is 19.9 Å². The summed E-state index contributed by atoms with van der Waals surface area (Å²) in [4.78, 5) is 22.6. The monoisotopic (exact) mass is 321 g/mol. The maximum Gasteiger partial charge on any atom is 0.335 e. The van der Waals surface area contributed by atoms with E-state index in [9.17, 15) is 9.59 Å². The summed E-state index contributed by atoms with van der Waals surface area (Å²) in [5.74, 6) is -1.04. The Hall–Kier alpha value is -1.92. The van der Waals surface area contributed by atoms with Crippen molar-refractivity contribution >= 4 is 11.9 Å². The molecule has 1 fully saturated rings. The van der Waals surface area contributed by atoms with Crippen molar-refractivity contribution in [3.05, 3.63) is 35.4 Å². The molecule has 0 spiro atoms. The minimum absolute atomic E-state index is 0.0702. The van der Waals surface area contributed by atoms with E-state index in [0.29, 0.717) is 13.2 Å². The van der Waals surface area contributed by atoms with Gasteiger partial charge in [-0.3, -0.25) is 4.79 Å². The molecule has 0 saturated carbocycles. The molecule has 1 aromatic carbocycles. The molecule has 6 heteroatoms. The van der Waals surface area contributed by atoms with Crippen LogP contribution >= 0.6 is 0 Å². The van der Waals surface area contributed by atoms with Gasteiger partial charge in [0, 0.05) is 26.4 Å². The lowest BCUT2D eigenvalue weighted by Crippen LogP contribution is -2.28. The Morgan fingerprint density at radius 1 is 1.22 bits per heavy atom. The highest BCUT2D eigenvalue weighted by Gasteiger charge is 2.13. The number of carboxylic acid groups (broad SMARTS) is 1. The van der Waals surface area contributed by atoms with Crippen molar-refractivity contribution in [1.29, 1.82) is 0 Å². The van der Waals surface area contributed by atoms with Crippen molar-refractivity contribution in [2.75, 3.05) is 26.4 Å². The Morgan fingerprint density at radius 2 is 1.91 bits per heavy atom. The van der Waals surface area contributed by atoms with Gasteiger partial charge in [-0.15, -0.1) is 0 Å². The lowest BCUT2D eigenvalue weighted by molar-refractivity contribution is -0.120. The smallest absolute Gasteiger partial charge is 0.335 e. The molecule has 1 heterocycles. The number of amides is 1. The first-order valence-electron chi connectivity index (χ1n) is 7.93. The maximum atomic E-state index is 11.8. The molecule has 1 aliphatic rings. The van der Waals surface area contributed by atoms with Crippen LogP contribution in [0.3, 0.4) is 0 Å². The van der Waals surface area contributed by atoms with E-state index in [-0.39, 0.29) is 24.0 Å². The summed E-state index contributed by atoms with van der Waals surface area (Å²) in [5.41, 5.74) is 1.02. The first-order chi connectivity index (χ1) is 11.1. The third kappa shape index (κ3) is 6.38. The van der Waals surface area contributed by atoms with Crippen LogP contribution < -0.4 is 5.32 Å². The quantitative estimate of drug-likeness (QED) is 0.711. The molecule has 0 aliphatic carbocycles. The third-order valence-electron chi connectivity index (χ3n) is 3.73. The third-order valence-corrected chi connectivity index (χ3v) is 3.73. The number of aromatic carboxylic acids is 1. The summed E-state index contributed by atoms with van der Waals surface area (Å²) < 4.78 is 11.0. The molecule has 0 aromatic heterocycles. The topological polar surface area (TPSA) is 84.9 Å². The summed E-state index contributed by atoms with van der Waals surface area (Å²) >= 11 is 0. The zero-order chi connectivity index (χ0) is 16.5. The first kappa shape index (κ1) is 17.4. The van der Waals surface area contributed by atoms with Gasteiger partial charge in [-0.25, -0.2) is 4.79 Å². The first-order valence-corrected chi connectivity index (χ1v) is 7.93. The summed E-state index contributed by atoms with van der Waals surface area (Å²) in [6.07, 6.45) is 3.20. The molecule has 1 saturated heterocycles. The minimum atomic E-state index is -0.967. The Labute approximate surface area is 135 Å². The molecule has 1 amide bonds. The van der Waals surface area contributed by atoms with E-state index in [0.717, 1.165) is 38.0 Å². The van der Waals surface area contributed by atoms with E-state index in [1.54, 1.807) is 12.1 Å². The fourth-order valence-electron chi connectivity index (χ4n) is 2.41. The van der Waals surface area contributed by atoms with E-state index in [1.165, 1.54) is 12.1 Å². The van der Waals surface area contributed by atoms with E-state index < -0.39 is 5.97 Å². The van der Waals surface area contributed by atoms with Crippen LogP contribution in [0, 0.1) is 0 Å². The van der Waals surface area contributed by atoms with Crippen LogP contribution in [0.2, 0.25) is 0 Å². The van der Waals surface area contributed by atoms with Crippen molar-refractivity contribution < 1.29 is 24.2 Å². The van der Waals surface area contributed by atoms with Gasteiger partial charge in [0.25, 0.3) is 0 Å². The van der Waals surface area contributed by atoms with Gasteiger partial charge in [0.2, 0.25) is 5.91 Å². The van der Waals surface area contributed by atoms with Crippen LogP contribution in [0.4, 0.5) is 0 Å². The fraction of sp³-hybridized carbons (Fsp3) is 0.529. The van der Waals surface area contributed by atoms with Crippen molar-refractivity contribution in [2.24, 2.45) is 0 Å². The zero-order valence-corrected chi connectivity index (χ0v) is 13.1. The molecule has 1 aromatic rings. The number of hydrogen-bond donors (Lipinski definition) is 2. The summed E-state index contributed by atoms with van der Waals surface area (Å²) in [6.45, 7) is 2.75.